The van der Waals surface area contributed by atoms with Crippen molar-refractivity contribution < 1.29 is 18.7 Å². The number of carbonyl (C=O) groups is 1. The standard InChI is InChI=1S/C7H6F2N2O2/c8-7(9)5-2-1-4(10-11-5)3-6(12)13/h1-2,7H,3H2,(H,12,13). The summed E-state index contributed by atoms with van der Waals surface area (Å²) in [5, 5.41) is 14.8. The zero-order valence-corrected chi connectivity index (χ0v) is 6.44. The Labute approximate surface area is 72.2 Å². The molecular formula is C7H6F2N2O2. The van der Waals surface area contributed by atoms with Crippen LogP contribution in [0.25, 0.3) is 0 Å². The van der Waals surface area contributed by atoms with E-state index >= 15 is 0 Å². The number of carboxylic acid groups (broad SMARTS) is 1. The summed E-state index contributed by atoms with van der Waals surface area (Å²) in [7, 11) is 0. The SMILES string of the molecule is O=C(O)Cc1ccc(C(F)F)nn1. The van der Waals surface area contributed by atoms with Crippen molar-refractivity contribution in [2.75, 3.05) is 0 Å². The lowest BCUT2D eigenvalue weighted by Crippen LogP contribution is -2.04. The minimum absolute atomic E-state index is 0.164. The van der Waals surface area contributed by atoms with Crippen molar-refractivity contribution in [3.63, 3.8) is 0 Å². The number of aromatic nitrogens is 2. The van der Waals surface area contributed by atoms with Gasteiger partial charge in [-0.3, -0.25) is 4.79 Å². The average molecular weight is 188 g/mol. The summed E-state index contributed by atoms with van der Waals surface area (Å²) in [5.74, 6) is -1.07. The van der Waals surface area contributed by atoms with Crippen molar-refractivity contribution in [1.82, 2.24) is 10.2 Å². The predicted molar refractivity (Wildman–Crippen MR) is 38.3 cm³/mol. The van der Waals surface area contributed by atoms with Crippen LogP contribution >= 0.6 is 0 Å². The monoisotopic (exact) mass is 188 g/mol. The van der Waals surface area contributed by atoms with Crippen molar-refractivity contribution in [3.8, 4) is 0 Å². The van der Waals surface area contributed by atoms with E-state index in [1.54, 1.807) is 0 Å². The van der Waals surface area contributed by atoms with Crippen molar-refractivity contribution in [2.24, 2.45) is 0 Å². The Morgan fingerprint density at radius 2 is 2.15 bits per heavy atom. The smallest absolute Gasteiger partial charge is 0.309 e. The quantitative estimate of drug-likeness (QED) is 0.769. The first-order valence-electron chi connectivity index (χ1n) is 3.42. The van der Waals surface area contributed by atoms with Gasteiger partial charge >= 0.3 is 5.97 Å². The van der Waals surface area contributed by atoms with E-state index in [1.165, 1.54) is 6.07 Å². The molecule has 0 aromatic carbocycles. The van der Waals surface area contributed by atoms with Crippen molar-refractivity contribution in [2.45, 2.75) is 12.8 Å². The van der Waals surface area contributed by atoms with Gasteiger partial charge in [-0.1, -0.05) is 0 Å². The molecule has 1 aromatic heterocycles. The zero-order chi connectivity index (χ0) is 9.84. The maximum Gasteiger partial charge on any atom is 0.309 e. The average Bonchev–Trinajstić information content (AvgIpc) is 2.04. The lowest BCUT2D eigenvalue weighted by Gasteiger charge is -1.98. The second-order valence-electron chi connectivity index (χ2n) is 2.32. The Kier molecular flexibility index (Phi) is 2.84. The molecule has 13 heavy (non-hydrogen) atoms. The van der Waals surface area contributed by atoms with Gasteiger partial charge in [0.2, 0.25) is 0 Å². The molecule has 1 N–H and O–H groups in total. The molecule has 0 saturated heterocycles. The van der Waals surface area contributed by atoms with Crippen LogP contribution in [0.4, 0.5) is 8.78 Å². The Morgan fingerprint density at radius 1 is 1.46 bits per heavy atom. The summed E-state index contributed by atoms with van der Waals surface area (Å²) in [5.41, 5.74) is -0.286. The fourth-order valence-corrected chi connectivity index (χ4v) is 0.736. The number of nitrogens with zero attached hydrogens (tertiary/aromatic N) is 2. The molecule has 0 aliphatic carbocycles. The molecule has 0 radical (unpaired) electrons. The number of hydrogen-bond acceptors (Lipinski definition) is 3. The summed E-state index contributed by atoms with van der Waals surface area (Å²) in [6.07, 6.45) is -2.98. The number of rotatable bonds is 3. The molecular weight excluding hydrogens is 182 g/mol. The number of hydrogen-bond donors (Lipinski definition) is 1. The minimum Gasteiger partial charge on any atom is -0.481 e. The molecule has 0 spiro atoms. The van der Waals surface area contributed by atoms with Crippen LogP contribution in [0.1, 0.15) is 17.8 Å². The third-order valence-electron chi connectivity index (χ3n) is 1.30. The van der Waals surface area contributed by atoms with E-state index in [0.717, 1.165) is 6.07 Å². The highest BCUT2D eigenvalue weighted by Crippen LogP contribution is 2.14. The molecule has 0 aliphatic heterocycles. The van der Waals surface area contributed by atoms with Crippen LogP contribution in [-0.4, -0.2) is 21.3 Å². The normalized spacial score (nSPS) is 10.4. The van der Waals surface area contributed by atoms with Gasteiger partial charge < -0.3 is 5.11 Å². The van der Waals surface area contributed by atoms with Gasteiger partial charge in [0, 0.05) is 0 Å². The third-order valence-corrected chi connectivity index (χ3v) is 1.30. The Morgan fingerprint density at radius 3 is 2.54 bits per heavy atom. The Hall–Kier alpha value is -1.59. The van der Waals surface area contributed by atoms with Crippen LogP contribution in [0, 0.1) is 0 Å². The van der Waals surface area contributed by atoms with Crippen molar-refractivity contribution in [1.29, 1.82) is 0 Å². The van der Waals surface area contributed by atoms with Gasteiger partial charge in [-0.25, -0.2) is 8.78 Å². The van der Waals surface area contributed by atoms with E-state index in [0.29, 0.717) is 0 Å². The lowest BCUT2D eigenvalue weighted by atomic mass is 10.3. The van der Waals surface area contributed by atoms with E-state index in [9.17, 15) is 13.6 Å². The van der Waals surface area contributed by atoms with Crippen LogP contribution in [0.3, 0.4) is 0 Å². The van der Waals surface area contributed by atoms with Gasteiger partial charge in [0.05, 0.1) is 12.1 Å². The number of alkyl halides is 2. The fraction of sp³-hybridized carbons (Fsp3) is 0.286. The molecule has 0 aliphatic rings. The molecule has 0 fully saturated rings. The second kappa shape index (κ2) is 3.88. The van der Waals surface area contributed by atoms with E-state index < -0.39 is 18.1 Å². The van der Waals surface area contributed by atoms with E-state index in [4.69, 9.17) is 5.11 Å². The fourth-order valence-electron chi connectivity index (χ4n) is 0.736. The maximum absolute atomic E-state index is 11.9. The predicted octanol–water partition coefficient (Wildman–Crippen LogP) is 1.04. The number of aliphatic carboxylic acids is 1. The largest absolute Gasteiger partial charge is 0.481 e. The molecule has 4 nitrogen and oxygen atoms in total. The highest BCUT2D eigenvalue weighted by Gasteiger charge is 2.09. The topological polar surface area (TPSA) is 63.1 Å². The van der Waals surface area contributed by atoms with Gasteiger partial charge in [-0.05, 0) is 12.1 Å². The molecule has 0 unspecified atom stereocenters. The molecule has 0 saturated carbocycles. The number of carboxylic acids is 1. The zero-order valence-electron chi connectivity index (χ0n) is 6.44. The molecule has 6 heteroatoms. The molecule has 0 atom stereocenters. The molecule has 0 bridgehead atoms. The van der Waals surface area contributed by atoms with Gasteiger partial charge in [0.25, 0.3) is 6.43 Å². The van der Waals surface area contributed by atoms with Gasteiger partial charge in [-0.15, -0.1) is 5.10 Å². The van der Waals surface area contributed by atoms with Crippen LogP contribution in [0.5, 0.6) is 0 Å². The van der Waals surface area contributed by atoms with Gasteiger partial charge in [0.15, 0.2) is 0 Å². The van der Waals surface area contributed by atoms with Crippen LogP contribution in [-0.2, 0) is 11.2 Å². The maximum atomic E-state index is 11.9. The van der Waals surface area contributed by atoms with E-state index in [-0.39, 0.29) is 12.1 Å². The molecule has 70 valence electrons. The van der Waals surface area contributed by atoms with Crippen LogP contribution in [0.15, 0.2) is 12.1 Å². The summed E-state index contributed by atoms with van der Waals surface area (Å²) in [6.45, 7) is 0. The summed E-state index contributed by atoms with van der Waals surface area (Å²) < 4.78 is 23.9. The van der Waals surface area contributed by atoms with Crippen LogP contribution in [0.2, 0.25) is 0 Å². The summed E-state index contributed by atoms with van der Waals surface area (Å²) in [4.78, 5) is 10.2. The van der Waals surface area contributed by atoms with E-state index in [1.807, 2.05) is 0 Å². The molecule has 1 heterocycles. The highest BCUT2D eigenvalue weighted by molar-refractivity contribution is 5.69. The summed E-state index contributed by atoms with van der Waals surface area (Å²) >= 11 is 0. The first-order chi connectivity index (χ1) is 6.09. The summed E-state index contributed by atoms with van der Waals surface area (Å²) in [6, 6.07) is 2.29. The van der Waals surface area contributed by atoms with Crippen LogP contribution < -0.4 is 0 Å². The third kappa shape index (κ3) is 2.73. The first-order valence-corrected chi connectivity index (χ1v) is 3.42. The molecule has 1 aromatic rings. The molecule has 0 amide bonds. The minimum atomic E-state index is -2.67. The van der Waals surface area contributed by atoms with Crippen molar-refractivity contribution in [3.05, 3.63) is 23.5 Å². The second-order valence-corrected chi connectivity index (χ2v) is 2.32. The Bertz CT molecular complexity index is 300. The first kappa shape index (κ1) is 9.50. The number of halogens is 2. The lowest BCUT2D eigenvalue weighted by molar-refractivity contribution is -0.136. The van der Waals surface area contributed by atoms with Gasteiger partial charge in [0.1, 0.15) is 5.69 Å². The van der Waals surface area contributed by atoms with E-state index in [2.05, 4.69) is 10.2 Å². The Balaban J connectivity index is 2.75. The highest BCUT2D eigenvalue weighted by atomic mass is 19.3. The van der Waals surface area contributed by atoms with Gasteiger partial charge in [-0.2, -0.15) is 5.10 Å². The molecule has 1 rings (SSSR count). The van der Waals surface area contributed by atoms with Crippen molar-refractivity contribution >= 4 is 5.97 Å².